The summed E-state index contributed by atoms with van der Waals surface area (Å²) >= 11 is 5.99. The SMILES string of the molecule is CC1CCCN(c2ccc(Cl)c(C#N)n2)C1CNC(=O)OC(C)(C)C. The van der Waals surface area contributed by atoms with Crippen LogP contribution in [0.3, 0.4) is 0 Å². The van der Waals surface area contributed by atoms with Crippen LogP contribution in [0.2, 0.25) is 5.02 Å². The molecule has 136 valence electrons. The molecule has 0 bridgehead atoms. The quantitative estimate of drug-likeness (QED) is 0.883. The molecule has 7 heteroatoms. The summed E-state index contributed by atoms with van der Waals surface area (Å²) in [5, 5.41) is 12.4. The van der Waals surface area contributed by atoms with Gasteiger partial charge in [-0.1, -0.05) is 18.5 Å². The summed E-state index contributed by atoms with van der Waals surface area (Å²) in [5.74, 6) is 1.09. The van der Waals surface area contributed by atoms with Crippen molar-refractivity contribution in [1.29, 1.82) is 5.26 Å². The van der Waals surface area contributed by atoms with Crippen molar-refractivity contribution in [3.8, 4) is 6.07 Å². The summed E-state index contributed by atoms with van der Waals surface area (Å²) in [6.07, 6.45) is 1.69. The van der Waals surface area contributed by atoms with Gasteiger partial charge >= 0.3 is 6.09 Å². The Hall–Kier alpha value is -2.00. The van der Waals surface area contributed by atoms with Crippen molar-refractivity contribution >= 4 is 23.5 Å². The molecule has 6 nitrogen and oxygen atoms in total. The van der Waals surface area contributed by atoms with Crippen LogP contribution in [0, 0.1) is 17.2 Å². The molecule has 2 heterocycles. The second-order valence-electron chi connectivity index (χ2n) is 7.37. The summed E-state index contributed by atoms with van der Waals surface area (Å²) < 4.78 is 5.31. The van der Waals surface area contributed by atoms with Crippen LogP contribution in [-0.4, -0.2) is 35.8 Å². The minimum atomic E-state index is -0.526. The van der Waals surface area contributed by atoms with Crippen molar-refractivity contribution in [1.82, 2.24) is 10.3 Å². The molecule has 1 aliphatic heterocycles. The number of alkyl carbamates (subject to hydrolysis) is 1. The van der Waals surface area contributed by atoms with Crippen LogP contribution in [0.4, 0.5) is 10.6 Å². The number of carbonyl (C=O) groups excluding carboxylic acids is 1. The topological polar surface area (TPSA) is 78.3 Å². The Bertz CT molecular complexity index is 666. The second-order valence-corrected chi connectivity index (χ2v) is 7.78. The van der Waals surface area contributed by atoms with E-state index in [9.17, 15) is 4.79 Å². The Morgan fingerprint density at radius 1 is 1.52 bits per heavy atom. The van der Waals surface area contributed by atoms with Gasteiger partial charge in [0.05, 0.1) is 11.1 Å². The number of rotatable bonds is 3. The summed E-state index contributed by atoms with van der Waals surface area (Å²) in [7, 11) is 0. The van der Waals surface area contributed by atoms with Gasteiger partial charge in [-0.25, -0.2) is 9.78 Å². The van der Waals surface area contributed by atoms with Gasteiger partial charge < -0.3 is 15.0 Å². The fourth-order valence-corrected chi connectivity index (χ4v) is 3.16. The first kappa shape index (κ1) is 19.3. The van der Waals surface area contributed by atoms with Gasteiger partial charge in [0.1, 0.15) is 17.5 Å². The molecule has 1 aromatic rings. The van der Waals surface area contributed by atoms with E-state index in [0.29, 0.717) is 23.3 Å². The number of ether oxygens (including phenoxy) is 1. The van der Waals surface area contributed by atoms with Gasteiger partial charge in [-0.05, 0) is 51.7 Å². The zero-order valence-electron chi connectivity index (χ0n) is 15.2. The van der Waals surface area contributed by atoms with Gasteiger partial charge in [0, 0.05) is 13.1 Å². The van der Waals surface area contributed by atoms with Gasteiger partial charge in [-0.15, -0.1) is 0 Å². The number of hydrogen-bond acceptors (Lipinski definition) is 5. The number of aromatic nitrogens is 1. The first-order valence-corrected chi connectivity index (χ1v) is 8.89. The standard InChI is InChI=1S/C18H25ClN4O2/c1-12-6-5-9-23(16-8-7-13(19)14(10-20)22-16)15(12)11-21-17(24)25-18(2,3)4/h7-8,12,15H,5-6,9,11H2,1-4H3,(H,21,24). The van der Waals surface area contributed by atoms with E-state index in [4.69, 9.17) is 21.6 Å². The zero-order valence-corrected chi connectivity index (χ0v) is 15.9. The zero-order chi connectivity index (χ0) is 18.6. The van der Waals surface area contributed by atoms with Crippen molar-refractivity contribution in [2.45, 2.75) is 52.2 Å². The highest BCUT2D eigenvalue weighted by Crippen LogP contribution is 2.28. The number of nitrogens with one attached hydrogen (secondary N) is 1. The lowest BCUT2D eigenvalue weighted by molar-refractivity contribution is 0.0519. The van der Waals surface area contributed by atoms with Crippen LogP contribution in [-0.2, 0) is 4.74 Å². The number of hydrogen-bond donors (Lipinski definition) is 1. The highest BCUT2D eigenvalue weighted by Gasteiger charge is 2.30. The molecule has 1 saturated heterocycles. The number of nitriles is 1. The van der Waals surface area contributed by atoms with E-state index in [1.165, 1.54) is 0 Å². The monoisotopic (exact) mass is 364 g/mol. The largest absolute Gasteiger partial charge is 0.444 e. The molecule has 0 saturated carbocycles. The van der Waals surface area contributed by atoms with Gasteiger partial charge in [0.25, 0.3) is 0 Å². The van der Waals surface area contributed by atoms with Crippen LogP contribution >= 0.6 is 11.6 Å². The third kappa shape index (κ3) is 5.23. The summed E-state index contributed by atoms with van der Waals surface area (Å²) in [5.41, 5.74) is -0.308. The first-order valence-electron chi connectivity index (χ1n) is 8.51. The predicted octanol–water partition coefficient (Wildman–Crippen LogP) is 3.74. The maximum Gasteiger partial charge on any atom is 0.407 e. The molecule has 0 spiro atoms. The third-order valence-electron chi connectivity index (χ3n) is 4.20. The number of nitrogens with zero attached hydrogens (tertiary/aromatic N) is 3. The van der Waals surface area contributed by atoms with Crippen LogP contribution < -0.4 is 10.2 Å². The lowest BCUT2D eigenvalue weighted by atomic mass is 9.90. The smallest absolute Gasteiger partial charge is 0.407 e. The van der Waals surface area contributed by atoms with Gasteiger partial charge in [0.15, 0.2) is 5.69 Å². The van der Waals surface area contributed by atoms with Gasteiger partial charge in [-0.3, -0.25) is 0 Å². The van der Waals surface area contributed by atoms with Crippen LogP contribution in [0.15, 0.2) is 12.1 Å². The lowest BCUT2D eigenvalue weighted by Crippen LogP contribution is -2.51. The molecule has 0 aromatic carbocycles. The highest BCUT2D eigenvalue weighted by molar-refractivity contribution is 6.31. The predicted molar refractivity (Wildman–Crippen MR) is 97.7 cm³/mol. The Balaban J connectivity index is 2.13. The second kappa shape index (κ2) is 7.92. The maximum absolute atomic E-state index is 12.0. The molecule has 1 aromatic heterocycles. The molecule has 2 unspecified atom stereocenters. The Morgan fingerprint density at radius 3 is 2.88 bits per heavy atom. The summed E-state index contributed by atoms with van der Waals surface area (Å²) in [6, 6.07) is 5.62. The number of pyridine rings is 1. The minimum Gasteiger partial charge on any atom is -0.444 e. The van der Waals surface area contributed by atoms with Crippen molar-refractivity contribution in [3.63, 3.8) is 0 Å². The molecule has 1 fully saturated rings. The van der Waals surface area contributed by atoms with E-state index >= 15 is 0 Å². The molecular formula is C18H25ClN4O2. The average Bonchev–Trinajstić information content (AvgIpc) is 2.52. The number of anilines is 1. The Labute approximate surface area is 154 Å². The first-order chi connectivity index (χ1) is 11.7. The molecule has 1 N–H and O–H groups in total. The minimum absolute atomic E-state index is 0.0847. The van der Waals surface area contributed by atoms with Crippen molar-refractivity contribution < 1.29 is 9.53 Å². The van der Waals surface area contributed by atoms with E-state index < -0.39 is 11.7 Å². The van der Waals surface area contributed by atoms with Crippen LogP contribution in [0.5, 0.6) is 0 Å². The molecule has 1 amide bonds. The van der Waals surface area contributed by atoms with E-state index in [0.717, 1.165) is 19.4 Å². The maximum atomic E-state index is 12.0. The van der Waals surface area contributed by atoms with E-state index in [1.54, 1.807) is 6.07 Å². The Morgan fingerprint density at radius 2 is 2.24 bits per heavy atom. The highest BCUT2D eigenvalue weighted by atomic mass is 35.5. The molecule has 0 radical (unpaired) electrons. The molecule has 1 aliphatic rings. The molecule has 0 aliphatic carbocycles. The Kier molecular flexibility index (Phi) is 6.12. The van der Waals surface area contributed by atoms with E-state index in [1.807, 2.05) is 32.9 Å². The number of amides is 1. The molecule has 25 heavy (non-hydrogen) atoms. The third-order valence-corrected chi connectivity index (χ3v) is 4.51. The van der Waals surface area contributed by atoms with E-state index in [-0.39, 0.29) is 11.7 Å². The lowest BCUT2D eigenvalue weighted by Gasteiger charge is -2.41. The normalized spacial score (nSPS) is 20.7. The molecule has 2 rings (SSSR count). The van der Waals surface area contributed by atoms with Crippen molar-refractivity contribution in [3.05, 3.63) is 22.8 Å². The van der Waals surface area contributed by atoms with E-state index in [2.05, 4.69) is 22.1 Å². The average molecular weight is 365 g/mol. The molecule has 2 atom stereocenters. The summed E-state index contributed by atoms with van der Waals surface area (Å²) in [4.78, 5) is 18.5. The van der Waals surface area contributed by atoms with Crippen molar-refractivity contribution in [2.75, 3.05) is 18.0 Å². The van der Waals surface area contributed by atoms with Crippen LogP contribution in [0.1, 0.15) is 46.2 Å². The fourth-order valence-electron chi connectivity index (χ4n) is 3.02. The molecular weight excluding hydrogens is 340 g/mol. The van der Waals surface area contributed by atoms with Gasteiger partial charge in [-0.2, -0.15) is 5.26 Å². The van der Waals surface area contributed by atoms with Crippen LogP contribution in [0.25, 0.3) is 0 Å². The number of carbonyl (C=O) groups is 1. The van der Waals surface area contributed by atoms with Crippen molar-refractivity contribution in [2.24, 2.45) is 5.92 Å². The van der Waals surface area contributed by atoms with Gasteiger partial charge in [0.2, 0.25) is 0 Å². The number of halogens is 1. The number of piperidine rings is 1. The fraction of sp³-hybridized carbons (Fsp3) is 0.611. The summed E-state index contributed by atoms with van der Waals surface area (Å²) in [6.45, 7) is 8.96.